The highest BCUT2D eigenvalue weighted by Crippen LogP contribution is 2.25. The summed E-state index contributed by atoms with van der Waals surface area (Å²) in [5.41, 5.74) is 1.47. The minimum absolute atomic E-state index is 0.0665. The maximum absolute atomic E-state index is 13.3. The summed E-state index contributed by atoms with van der Waals surface area (Å²) in [5, 5.41) is 3.18. The molecule has 28 heavy (non-hydrogen) atoms. The van der Waals surface area contributed by atoms with E-state index in [1.54, 1.807) is 49.6 Å². The van der Waals surface area contributed by atoms with Crippen molar-refractivity contribution >= 4 is 34.8 Å². The van der Waals surface area contributed by atoms with E-state index in [2.05, 4.69) is 5.32 Å². The number of benzene rings is 3. The van der Waals surface area contributed by atoms with Gasteiger partial charge in [-0.25, -0.2) is 4.39 Å². The molecule has 0 aromatic heterocycles. The number of anilines is 1. The molecular formula is C21H16Cl2FNO3. The molecular weight excluding hydrogens is 404 g/mol. The Bertz CT molecular complexity index is 1010. The monoisotopic (exact) mass is 419 g/mol. The first-order chi connectivity index (χ1) is 13.5. The lowest BCUT2D eigenvalue weighted by Gasteiger charge is -2.13. The van der Waals surface area contributed by atoms with Crippen molar-refractivity contribution in [2.45, 2.75) is 6.61 Å². The lowest BCUT2D eigenvalue weighted by atomic mass is 10.1. The normalized spacial score (nSPS) is 10.4. The second-order valence-electron chi connectivity index (χ2n) is 5.86. The van der Waals surface area contributed by atoms with Crippen molar-refractivity contribution in [1.82, 2.24) is 0 Å². The van der Waals surface area contributed by atoms with Crippen molar-refractivity contribution in [2.24, 2.45) is 0 Å². The minimum atomic E-state index is -0.551. The van der Waals surface area contributed by atoms with Crippen LogP contribution in [0, 0.1) is 5.82 Å². The molecule has 3 rings (SSSR count). The molecule has 7 heteroatoms. The lowest BCUT2D eigenvalue weighted by Crippen LogP contribution is -2.13. The Balaban J connectivity index is 1.77. The number of rotatable bonds is 6. The van der Waals surface area contributed by atoms with Gasteiger partial charge in [-0.3, -0.25) is 4.79 Å². The van der Waals surface area contributed by atoms with Gasteiger partial charge in [0, 0.05) is 21.8 Å². The number of hydrogen-bond acceptors (Lipinski definition) is 3. The molecule has 0 bridgehead atoms. The highest BCUT2D eigenvalue weighted by atomic mass is 35.5. The zero-order valence-electron chi connectivity index (χ0n) is 14.8. The number of carbonyl (C=O) groups excluding carboxylic acids is 1. The van der Waals surface area contributed by atoms with Crippen LogP contribution in [0.2, 0.25) is 10.0 Å². The number of carbonyl (C=O) groups is 1. The largest absolute Gasteiger partial charge is 0.496 e. The molecule has 0 unspecified atom stereocenters. The molecule has 0 radical (unpaired) electrons. The Kier molecular flexibility index (Phi) is 6.39. The average molecular weight is 420 g/mol. The number of ether oxygens (including phenoxy) is 2. The van der Waals surface area contributed by atoms with Crippen LogP contribution in [0.25, 0.3) is 0 Å². The van der Waals surface area contributed by atoms with E-state index in [-0.39, 0.29) is 17.5 Å². The SMILES string of the molecule is COc1ccc(C(=O)Nc2ccc(F)c(Cl)c2)cc1COc1cccc(Cl)c1. The number of hydrogen-bond donors (Lipinski definition) is 1. The first-order valence-corrected chi connectivity index (χ1v) is 9.03. The molecule has 3 aromatic rings. The number of nitrogens with one attached hydrogen (secondary N) is 1. The van der Waals surface area contributed by atoms with Crippen LogP contribution in [0.15, 0.2) is 60.7 Å². The van der Waals surface area contributed by atoms with Gasteiger partial charge in [-0.05, 0) is 54.6 Å². The molecule has 0 aliphatic carbocycles. The first-order valence-electron chi connectivity index (χ1n) is 8.28. The first kappa shape index (κ1) is 20.0. The van der Waals surface area contributed by atoms with Gasteiger partial charge in [0.05, 0.1) is 12.1 Å². The molecule has 1 N–H and O–H groups in total. The Morgan fingerprint density at radius 2 is 1.89 bits per heavy atom. The van der Waals surface area contributed by atoms with Crippen LogP contribution < -0.4 is 14.8 Å². The van der Waals surface area contributed by atoms with Gasteiger partial charge >= 0.3 is 0 Å². The second-order valence-corrected chi connectivity index (χ2v) is 6.70. The van der Waals surface area contributed by atoms with Crippen LogP contribution in [-0.2, 0) is 6.61 Å². The number of amides is 1. The topological polar surface area (TPSA) is 47.6 Å². The quantitative estimate of drug-likeness (QED) is 0.534. The molecule has 0 saturated carbocycles. The van der Waals surface area contributed by atoms with Gasteiger partial charge in [0.15, 0.2) is 0 Å². The molecule has 0 fully saturated rings. The van der Waals surface area contributed by atoms with Crippen molar-refractivity contribution in [1.29, 1.82) is 0 Å². The summed E-state index contributed by atoms with van der Waals surface area (Å²) in [5.74, 6) is 0.271. The van der Waals surface area contributed by atoms with Crippen LogP contribution in [0.1, 0.15) is 15.9 Å². The van der Waals surface area contributed by atoms with Crippen LogP contribution >= 0.6 is 23.2 Å². The van der Waals surface area contributed by atoms with Crippen molar-refractivity contribution in [2.75, 3.05) is 12.4 Å². The van der Waals surface area contributed by atoms with Crippen molar-refractivity contribution in [3.63, 3.8) is 0 Å². The summed E-state index contributed by atoms with van der Waals surface area (Å²) < 4.78 is 24.3. The van der Waals surface area contributed by atoms with E-state index in [1.165, 1.54) is 18.2 Å². The van der Waals surface area contributed by atoms with Crippen LogP contribution in [-0.4, -0.2) is 13.0 Å². The average Bonchev–Trinajstić information content (AvgIpc) is 2.69. The van der Waals surface area contributed by atoms with Crippen LogP contribution in [0.5, 0.6) is 11.5 Å². The molecule has 0 aliphatic rings. The van der Waals surface area contributed by atoms with Gasteiger partial charge in [0.2, 0.25) is 0 Å². The van der Waals surface area contributed by atoms with E-state index < -0.39 is 5.82 Å². The summed E-state index contributed by atoms with van der Waals surface area (Å²) in [7, 11) is 1.54. The van der Waals surface area contributed by atoms with Crippen molar-refractivity contribution in [3.05, 3.63) is 87.7 Å². The fourth-order valence-electron chi connectivity index (χ4n) is 2.53. The highest BCUT2D eigenvalue weighted by Gasteiger charge is 2.12. The zero-order valence-corrected chi connectivity index (χ0v) is 16.4. The Hall–Kier alpha value is -2.76. The number of halogens is 3. The molecule has 0 atom stereocenters. The third-order valence-corrected chi connectivity index (χ3v) is 4.44. The smallest absolute Gasteiger partial charge is 0.255 e. The molecule has 4 nitrogen and oxygen atoms in total. The molecule has 0 aliphatic heterocycles. The summed E-state index contributed by atoms with van der Waals surface area (Å²) in [6, 6.07) is 16.0. The third-order valence-electron chi connectivity index (χ3n) is 3.91. The molecule has 0 saturated heterocycles. The fraction of sp³-hybridized carbons (Fsp3) is 0.0952. The van der Waals surface area contributed by atoms with E-state index in [4.69, 9.17) is 32.7 Å². The molecule has 0 heterocycles. The van der Waals surface area contributed by atoms with Gasteiger partial charge in [-0.2, -0.15) is 0 Å². The molecule has 1 amide bonds. The predicted octanol–water partition coefficient (Wildman–Crippen LogP) is 5.97. The molecule has 0 spiro atoms. The van der Waals surface area contributed by atoms with Gasteiger partial charge in [0.1, 0.15) is 23.9 Å². The Labute approximate surface area is 171 Å². The predicted molar refractivity (Wildman–Crippen MR) is 108 cm³/mol. The van der Waals surface area contributed by atoms with Gasteiger partial charge in [0.25, 0.3) is 5.91 Å². The van der Waals surface area contributed by atoms with E-state index in [9.17, 15) is 9.18 Å². The van der Waals surface area contributed by atoms with Gasteiger partial charge in [-0.15, -0.1) is 0 Å². The Morgan fingerprint density at radius 3 is 2.61 bits per heavy atom. The maximum Gasteiger partial charge on any atom is 0.255 e. The molecule has 144 valence electrons. The van der Waals surface area contributed by atoms with Gasteiger partial charge in [-0.1, -0.05) is 29.3 Å². The van der Waals surface area contributed by atoms with Crippen LogP contribution in [0.4, 0.5) is 10.1 Å². The summed E-state index contributed by atoms with van der Waals surface area (Å²) in [6.45, 7) is 0.188. The Morgan fingerprint density at radius 1 is 1.07 bits per heavy atom. The summed E-state index contributed by atoms with van der Waals surface area (Å²) in [6.07, 6.45) is 0. The number of methoxy groups -OCH3 is 1. The lowest BCUT2D eigenvalue weighted by molar-refractivity contribution is 0.102. The summed E-state index contributed by atoms with van der Waals surface area (Å²) >= 11 is 11.7. The van der Waals surface area contributed by atoms with E-state index in [0.29, 0.717) is 33.3 Å². The molecule has 3 aromatic carbocycles. The maximum atomic E-state index is 13.3. The summed E-state index contributed by atoms with van der Waals surface area (Å²) in [4.78, 5) is 12.5. The van der Waals surface area contributed by atoms with E-state index >= 15 is 0 Å². The fourth-order valence-corrected chi connectivity index (χ4v) is 2.89. The second kappa shape index (κ2) is 8.95. The van der Waals surface area contributed by atoms with Gasteiger partial charge < -0.3 is 14.8 Å². The van der Waals surface area contributed by atoms with Crippen molar-refractivity contribution in [3.8, 4) is 11.5 Å². The third kappa shape index (κ3) is 4.94. The minimum Gasteiger partial charge on any atom is -0.496 e. The zero-order chi connectivity index (χ0) is 20.1. The van der Waals surface area contributed by atoms with E-state index in [1.807, 2.05) is 0 Å². The highest BCUT2D eigenvalue weighted by molar-refractivity contribution is 6.31. The van der Waals surface area contributed by atoms with Crippen LogP contribution in [0.3, 0.4) is 0 Å². The standard InChI is InChI=1S/C21H16Cl2FNO3/c1-27-20-8-5-13(21(26)25-16-6-7-19(24)18(23)11-16)9-14(20)12-28-17-4-2-3-15(22)10-17/h2-11H,12H2,1H3,(H,25,26). The van der Waals surface area contributed by atoms with E-state index in [0.717, 1.165) is 0 Å². The van der Waals surface area contributed by atoms with Crippen molar-refractivity contribution < 1.29 is 18.7 Å².